The van der Waals surface area contributed by atoms with E-state index >= 15 is 0 Å². The van der Waals surface area contributed by atoms with E-state index in [0.717, 1.165) is 31.6 Å². The van der Waals surface area contributed by atoms with Gasteiger partial charge in [0.15, 0.2) is 6.61 Å². The summed E-state index contributed by atoms with van der Waals surface area (Å²) < 4.78 is 46.2. The highest BCUT2D eigenvalue weighted by atomic mass is 19.4. The van der Waals surface area contributed by atoms with E-state index in [9.17, 15) is 13.2 Å². The number of alkyl halides is 3. The molecule has 0 aromatic heterocycles. The van der Waals surface area contributed by atoms with Crippen molar-refractivity contribution >= 4 is 0 Å². The van der Waals surface area contributed by atoms with Crippen molar-refractivity contribution in [1.29, 1.82) is 0 Å². The fraction of sp³-hybridized carbons (Fsp3) is 0.600. The molecule has 0 amide bonds. The second-order valence-electron chi connectivity index (χ2n) is 5.25. The van der Waals surface area contributed by atoms with E-state index in [2.05, 4.69) is 5.32 Å². The summed E-state index contributed by atoms with van der Waals surface area (Å²) >= 11 is 0. The number of benzene rings is 1. The highest BCUT2D eigenvalue weighted by Gasteiger charge is 2.28. The van der Waals surface area contributed by atoms with Crippen LogP contribution in [0.15, 0.2) is 24.3 Å². The molecule has 1 heterocycles. The Balaban J connectivity index is 1.85. The van der Waals surface area contributed by atoms with Crippen molar-refractivity contribution in [3.05, 3.63) is 29.8 Å². The number of rotatable bonds is 5. The molecular weight excluding hydrogens is 283 g/mol. The van der Waals surface area contributed by atoms with Crippen molar-refractivity contribution in [2.75, 3.05) is 19.8 Å². The van der Waals surface area contributed by atoms with E-state index in [1.807, 2.05) is 6.92 Å². The fourth-order valence-corrected chi connectivity index (χ4v) is 2.33. The molecule has 2 rings (SSSR count). The third-order valence-electron chi connectivity index (χ3n) is 3.49. The van der Waals surface area contributed by atoms with Gasteiger partial charge >= 0.3 is 6.18 Å². The minimum atomic E-state index is -4.31. The highest BCUT2D eigenvalue weighted by Crippen LogP contribution is 2.22. The van der Waals surface area contributed by atoms with Gasteiger partial charge in [-0.1, -0.05) is 12.1 Å². The second kappa shape index (κ2) is 7.13. The second-order valence-corrected chi connectivity index (χ2v) is 5.25. The zero-order valence-corrected chi connectivity index (χ0v) is 12.0. The van der Waals surface area contributed by atoms with Gasteiger partial charge in [0.2, 0.25) is 0 Å². The molecule has 1 aliphatic heterocycles. The third-order valence-corrected chi connectivity index (χ3v) is 3.49. The maximum atomic E-state index is 12.1. The molecule has 1 atom stereocenters. The summed E-state index contributed by atoms with van der Waals surface area (Å²) in [6, 6.07) is 7.30. The van der Waals surface area contributed by atoms with Crippen LogP contribution < -0.4 is 10.1 Å². The summed E-state index contributed by atoms with van der Waals surface area (Å²) in [5.74, 6) is 0.231. The van der Waals surface area contributed by atoms with Crippen molar-refractivity contribution in [3.63, 3.8) is 0 Å². The quantitative estimate of drug-likeness (QED) is 0.903. The molecule has 1 saturated heterocycles. The predicted molar refractivity (Wildman–Crippen MR) is 73.4 cm³/mol. The molecular formula is C15H20F3NO2. The van der Waals surface area contributed by atoms with E-state index in [1.165, 1.54) is 0 Å². The van der Waals surface area contributed by atoms with Crippen LogP contribution in [0.1, 0.15) is 31.4 Å². The lowest BCUT2D eigenvalue weighted by atomic mass is 10.0. The summed E-state index contributed by atoms with van der Waals surface area (Å²) in [5.41, 5.74) is 1.03. The molecule has 0 spiro atoms. The molecule has 1 N–H and O–H groups in total. The van der Waals surface area contributed by atoms with Crippen molar-refractivity contribution in [3.8, 4) is 5.75 Å². The molecule has 1 aromatic rings. The Kier molecular flexibility index (Phi) is 5.47. The Morgan fingerprint density at radius 2 is 1.86 bits per heavy atom. The molecule has 6 heteroatoms. The molecule has 1 aromatic carbocycles. The summed E-state index contributed by atoms with van der Waals surface area (Å²) in [4.78, 5) is 0. The summed E-state index contributed by atoms with van der Waals surface area (Å²) in [7, 11) is 0. The maximum absolute atomic E-state index is 12.1. The zero-order chi connectivity index (χ0) is 15.3. The molecule has 0 radical (unpaired) electrons. The highest BCUT2D eigenvalue weighted by molar-refractivity contribution is 5.29. The van der Waals surface area contributed by atoms with Gasteiger partial charge in [-0.2, -0.15) is 13.2 Å². The van der Waals surface area contributed by atoms with E-state index in [4.69, 9.17) is 9.47 Å². The Hall–Kier alpha value is -1.27. The zero-order valence-electron chi connectivity index (χ0n) is 12.0. The first kappa shape index (κ1) is 16.1. The van der Waals surface area contributed by atoms with Crippen LogP contribution in [0.25, 0.3) is 0 Å². The lowest BCUT2D eigenvalue weighted by Crippen LogP contribution is -2.36. The average Bonchev–Trinajstić information content (AvgIpc) is 2.46. The van der Waals surface area contributed by atoms with Gasteiger partial charge in [0, 0.05) is 25.3 Å². The SMILES string of the molecule is C[C@@H](NC1CCOCC1)c1ccc(OCC(F)(F)F)cc1. The van der Waals surface area contributed by atoms with Crippen molar-refractivity contribution in [2.45, 2.75) is 38.0 Å². The van der Waals surface area contributed by atoms with Gasteiger partial charge in [-0.25, -0.2) is 0 Å². The normalized spacial score (nSPS) is 18.5. The molecule has 1 fully saturated rings. The fourth-order valence-electron chi connectivity index (χ4n) is 2.33. The van der Waals surface area contributed by atoms with Crippen molar-refractivity contribution in [2.24, 2.45) is 0 Å². The van der Waals surface area contributed by atoms with Crippen molar-refractivity contribution < 1.29 is 22.6 Å². The number of hydrogen-bond acceptors (Lipinski definition) is 3. The van der Waals surface area contributed by atoms with E-state index in [0.29, 0.717) is 6.04 Å². The first-order chi connectivity index (χ1) is 9.94. The molecule has 1 aliphatic rings. The van der Waals surface area contributed by atoms with Crippen LogP contribution in [-0.4, -0.2) is 32.0 Å². The van der Waals surface area contributed by atoms with Crippen LogP contribution in [0.3, 0.4) is 0 Å². The van der Waals surface area contributed by atoms with Crippen LogP contribution >= 0.6 is 0 Å². The number of ether oxygens (including phenoxy) is 2. The molecule has 118 valence electrons. The monoisotopic (exact) mass is 303 g/mol. The molecule has 0 unspecified atom stereocenters. The van der Waals surface area contributed by atoms with Gasteiger partial charge < -0.3 is 14.8 Å². The van der Waals surface area contributed by atoms with Crippen LogP contribution in [0.5, 0.6) is 5.75 Å². The standard InChI is InChI=1S/C15H20F3NO2/c1-11(19-13-6-8-20-9-7-13)12-2-4-14(5-3-12)21-10-15(16,17)18/h2-5,11,13,19H,6-10H2,1H3/t11-/m1/s1. The number of halogens is 3. The van der Waals surface area contributed by atoms with Crippen LogP contribution in [-0.2, 0) is 4.74 Å². The Morgan fingerprint density at radius 3 is 2.43 bits per heavy atom. The van der Waals surface area contributed by atoms with Crippen LogP contribution in [0, 0.1) is 0 Å². The van der Waals surface area contributed by atoms with Gasteiger partial charge in [-0.3, -0.25) is 0 Å². The van der Waals surface area contributed by atoms with Crippen molar-refractivity contribution in [1.82, 2.24) is 5.32 Å². The molecule has 3 nitrogen and oxygen atoms in total. The minimum Gasteiger partial charge on any atom is -0.484 e. The average molecular weight is 303 g/mol. The first-order valence-electron chi connectivity index (χ1n) is 7.07. The van der Waals surface area contributed by atoms with Gasteiger partial charge in [0.25, 0.3) is 0 Å². The van der Waals surface area contributed by atoms with Crippen LogP contribution in [0.4, 0.5) is 13.2 Å². The number of hydrogen-bond donors (Lipinski definition) is 1. The van der Waals surface area contributed by atoms with E-state index in [1.54, 1.807) is 24.3 Å². The smallest absolute Gasteiger partial charge is 0.422 e. The van der Waals surface area contributed by atoms with Crippen LogP contribution in [0.2, 0.25) is 0 Å². The lowest BCUT2D eigenvalue weighted by molar-refractivity contribution is -0.153. The maximum Gasteiger partial charge on any atom is 0.422 e. The van der Waals surface area contributed by atoms with E-state index < -0.39 is 12.8 Å². The molecule has 0 aliphatic carbocycles. The Labute approximate surface area is 122 Å². The lowest BCUT2D eigenvalue weighted by Gasteiger charge is -2.27. The summed E-state index contributed by atoms with van der Waals surface area (Å²) in [6.07, 6.45) is -2.34. The Morgan fingerprint density at radius 1 is 1.24 bits per heavy atom. The van der Waals surface area contributed by atoms with Gasteiger partial charge in [0.05, 0.1) is 0 Å². The molecule has 21 heavy (non-hydrogen) atoms. The topological polar surface area (TPSA) is 30.5 Å². The van der Waals surface area contributed by atoms with Gasteiger partial charge in [0.1, 0.15) is 5.75 Å². The molecule has 0 saturated carbocycles. The summed E-state index contributed by atoms with van der Waals surface area (Å²) in [6.45, 7) is 2.33. The van der Waals surface area contributed by atoms with Gasteiger partial charge in [-0.05, 0) is 37.5 Å². The first-order valence-corrected chi connectivity index (χ1v) is 7.07. The largest absolute Gasteiger partial charge is 0.484 e. The predicted octanol–water partition coefficient (Wildman–Crippen LogP) is 3.46. The molecule has 0 bridgehead atoms. The Bertz CT molecular complexity index is 428. The minimum absolute atomic E-state index is 0.143. The summed E-state index contributed by atoms with van der Waals surface area (Å²) in [5, 5.41) is 3.51. The number of nitrogens with one attached hydrogen (secondary N) is 1. The third kappa shape index (κ3) is 5.55. The van der Waals surface area contributed by atoms with Gasteiger partial charge in [-0.15, -0.1) is 0 Å². The van der Waals surface area contributed by atoms with E-state index in [-0.39, 0.29) is 11.8 Å².